The van der Waals surface area contributed by atoms with Crippen LogP contribution in [0.15, 0.2) is 59.6 Å². The molecule has 0 unspecified atom stereocenters. The number of nitrogens with zero attached hydrogens (tertiary/aromatic N) is 3. The molecule has 1 saturated carbocycles. The molecule has 2 N–H and O–H groups in total. The van der Waals surface area contributed by atoms with Crippen molar-refractivity contribution < 1.29 is 9.59 Å². The first-order chi connectivity index (χ1) is 14.6. The smallest absolute Gasteiger partial charge is 0.233 e. The second-order valence-corrected chi connectivity index (χ2v) is 8.45. The van der Waals surface area contributed by atoms with Crippen LogP contribution in [0.1, 0.15) is 36.6 Å². The van der Waals surface area contributed by atoms with E-state index >= 15 is 0 Å². The molecule has 1 aliphatic rings. The first-order valence-corrected chi connectivity index (χ1v) is 11.1. The van der Waals surface area contributed by atoms with E-state index in [1.807, 2.05) is 54.6 Å². The molecule has 2 amide bonds. The van der Waals surface area contributed by atoms with Crippen LogP contribution in [0.3, 0.4) is 0 Å². The Kier molecular flexibility index (Phi) is 6.28. The van der Waals surface area contributed by atoms with Crippen LogP contribution in [-0.4, -0.2) is 39.0 Å². The molecule has 0 bridgehead atoms. The maximum absolute atomic E-state index is 13.0. The zero-order valence-corrected chi connectivity index (χ0v) is 17.5. The number of aromatic nitrogens is 2. The summed E-state index contributed by atoms with van der Waals surface area (Å²) in [4.78, 5) is 35.4. The third kappa shape index (κ3) is 5.16. The second-order valence-electron chi connectivity index (χ2n) is 7.48. The zero-order chi connectivity index (χ0) is 20.9. The average molecular weight is 421 g/mol. The van der Waals surface area contributed by atoms with Gasteiger partial charge in [-0.15, -0.1) is 0 Å². The van der Waals surface area contributed by atoms with Crippen LogP contribution in [0.4, 0.5) is 0 Å². The third-order valence-electron chi connectivity index (χ3n) is 5.06. The Morgan fingerprint density at radius 2 is 1.77 bits per heavy atom. The van der Waals surface area contributed by atoms with E-state index in [1.54, 1.807) is 4.90 Å². The summed E-state index contributed by atoms with van der Waals surface area (Å²) < 4.78 is 0. The molecule has 6 nitrogen and oxygen atoms in total. The lowest BCUT2D eigenvalue weighted by atomic mass is 10.2. The third-order valence-corrected chi connectivity index (χ3v) is 6.03. The maximum Gasteiger partial charge on any atom is 0.233 e. The lowest BCUT2D eigenvalue weighted by molar-refractivity contribution is -0.129. The number of amides is 2. The van der Waals surface area contributed by atoms with Gasteiger partial charge in [-0.2, -0.15) is 0 Å². The molecule has 2 aromatic carbocycles. The normalized spacial score (nSPS) is 13.3. The van der Waals surface area contributed by atoms with Gasteiger partial charge in [0.2, 0.25) is 11.8 Å². The Bertz CT molecular complexity index is 1050. The van der Waals surface area contributed by atoms with Crippen LogP contribution in [0, 0.1) is 0 Å². The summed E-state index contributed by atoms with van der Waals surface area (Å²) in [5.74, 6) is 1.11. The van der Waals surface area contributed by atoms with Gasteiger partial charge < -0.3 is 10.6 Å². The summed E-state index contributed by atoms with van der Waals surface area (Å²) in [5.41, 5.74) is 7.25. The van der Waals surface area contributed by atoms with Crippen molar-refractivity contribution in [3.63, 3.8) is 0 Å². The fourth-order valence-corrected chi connectivity index (χ4v) is 4.19. The molecule has 154 valence electrons. The van der Waals surface area contributed by atoms with E-state index in [1.165, 1.54) is 11.8 Å². The van der Waals surface area contributed by atoms with Crippen molar-refractivity contribution in [1.82, 2.24) is 14.9 Å². The van der Waals surface area contributed by atoms with Gasteiger partial charge in [-0.3, -0.25) is 9.59 Å². The van der Waals surface area contributed by atoms with Gasteiger partial charge in [-0.05, 0) is 24.5 Å². The summed E-state index contributed by atoms with van der Waals surface area (Å²) >= 11 is 1.43. The lowest BCUT2D eigenvalue weighted by Gasteiger charge is -2.22. The number of benzene rings is 2. The van der Waals surface area contributed by atoms with Crippen LogP contribution in [0.25, 0.3) is 10.9 Å². The van der Waals surface area contributed by atoms with Gasteiger partial charge in [0.25, 0.3) is 0 Å². The molecule has 0 radical (unpaired) electrons. The number of thioether (sulfide) groups is 1. The fourth-order valence-electron chi connectivity index (χ4n) is 3.26. The van der Waals surface area contributed by atoms with Gasteiger partial charge in [-0.1, -0.05) is 60.3 Å². The van der Waals surface area contributed by atoms with Crippen LogP contribution in [0.5, 0.6) is 0 Å². The van der Waals surface area contributed by atoms with Crippen LogP contribution in [0.2, 0.25) is 0 Å². The highest BCUT2D eigenvalue weighted by atomic mass is 32.2. The van der Waals surface area contributed by atoms with Gasteiger partial charge in [-0.25, -0.2) is 9.97 Å². The maximum atomic E-state index is 13.0. The van der Waals surface area contributed by atoms with Crippen molar-refractivity contribution in [2.45, 2.75) is 36.8 Å². The first kappa shape index (κ1) is 20.3. The molecule has 0 aliphatic heterocycles. The molecule has 1 fully saturated rings. The number of carbonyl (C=O) groups is 2. The van der Waals surface area contributed by atoms with Gasteiger partial charge in [0.1, 0.15) is 10.9 Å². The minimum atomic E-state index is -0.413. The van der Waals surface area contributed by atoms with Gasteiger partial charge >= 0.3 is 0 Å². The van der Waals surface area contributed by atoms with E-state index in [-0.39, 0.29) is 18.1 Å². The molecular weight excluding hydrogens is 396 g/mol. The van der Waals surface area contributed by atoms with E-state index in [4.69, 9.17) is 15.7 Å². The van der Waals surface area contributed by atoms with Gasteiger partial charge in [0.15, 0.2) is 0 Å². The van der Waals surface area contributed by atoms with Crippen molar-refractivity contribution in [2.75, 3.05) is 12.3 Å². The summed E-state index contributed by atoms with van der Waals surface area (Å²) in [6.07, 6.45) is 2.39. The minimum absolute atomic E-state index is 0.0410. The van der Waals surface area contributed by atoms with Crippen molar-refractivity contribution >= 4 is 34.5 Å². The molecule has 0 saturated heterocycles. The van der Waals surface area contributed by atoms with Crippen molar-refractivity contribution in [3.05, 3.63) is 66.0 Å². The molecule has 0 atom stereocenters. The monoisotopic (exact) mass is 420 g/mol. The fraction of sp³-hybridized carbons (Fsp3) is 0.304. The Labute approximate surface area is 179 Å². The van der Waals surface area contributed by atoms with E-state index in [2.05, 4.69) is 0 Å². The summed E-state index contributed by atoms with van der Waals surface area (Å²) in [7, 11) is 0. The Balaban J connectivity index is 1.50. The average Bonchev–Trinajstić information content (AvgIpc) is 3.60. The number of carbonyl (C=O) groups excluding carboxylic acids is 2. The Morgan fingerprint density at radius 1 is 1.03 bits per heavy atom. The predicted octanol–water partition coefficient (Wildman–Crippen LogP) is 3.50. The Hall–Kier alpha value is -2.93. The van der Waals surface area contributed by atoms with E-state index < -0.39 is 5.91 Å². The standard InChI is InChI=1S/C23H24N4O2S/c24-20(28)12-13-27(14-16-6-2-1-3-7-16)21(29)15-30-23-18-8-4-5-9-19(18)25-22(26-23)17-10-11-17/h1-9,17H,10-15H2,(H2,24,28). The largest absolute Gasteiger partial charge is 0.370 e. The number of rotatable bonds is 9. The topological polar surface area (TPSA) is 89.2 Å². The molecule has 7 heteroatoms. The molecule has 1 heterocycles. The van der Waals surface area contributed by atoms with Crippen molar-refractivity contribution in [2.24, 2.45) is 5.73 Å². The van der Waals surface area contributed by atoms with Crippen LogP contribution in [-0.2, 0) is 16.1 Å². The number of para-hydroxylation sites is 1. The summed E-state index contributed by atoms with van der Waals surface area (Å²) in [6.45, 7) is 0.757. The number of fused-ring (bicyclic) bond motifs is 1. The molecule has 0 spiro atoms. The van der Waals surface area contributed by atoms with E-state index in [9.17, 15) is 9.59 Å². The highest BCUT2D eigenvalue weighted by Crippen LogP contribution is 2.39. The van der Waals surface area contributed by atoms with Crippen molar-refractivity contribution in [1.29, 1.82) is 0 Å². The number of hydrogen-bond donors (Lipinski definition) is 1. The first-order valence-electron chi connectivity index (χ1n) is 10.1. The number of nitrogens with two attached hydrogens (primary N) is 1. The van der Waals surface area contributed by atoms with Crippen molar-refractivity contribution in [3.8, 4) is 0 Å². The van der Waals surface area contributed by atoms with E-state index in [0.29, 0.717) is 19.0 Å². The van der Waals surface area contributed by atoms with Crippen LogP contribution >= 0.6 is 11.8 Å². The van der Waals surface area contributed by atoms with E-state index in [0.717, 1.165) is 40.2 Å². The molecular formula is C23H24N4O2S. The van der Waals surface area contributed by atoms with Gasteiger partial charge in [0.05, 0.1) is 11.3 Å². The molecule has 1 aliphatic carbocycles. The number of primary amides is 1. The summed E-state index contributed by atoms with van der Waals surface area (Å²) in [6, 6.07) is 17.7. The minimum Gasteiger partial charge on any atom is -0.370 e. The molecule has 4 rings (SSSR count). The summed E-state index contributed by atoms with van der Waals surface area (Å²) in [5, 5.41) is 1.80. The highest BCUT2D eigenvalue weighted by Gasteiger charge is 2.28. The van der Waals surface area contributed by atoms with Gasteiger partial charge in [0, 0.05) is 30.8 Å². The quantitative estimate of drug-likeness (QED) is 0.423. The number of hydrogen-bond acceptors (Lipinski definition) is 5. The second kappa shape index (κ2) is 9.26. The zero-order valence-electron chi connectivity index (χ0n) is 16.7. The molecule has 1 aromatic heterocycles. The lowest BCUT2D eigenvalue weighted by Crippen LogP contribution is -2.34. The molecule has 3 aromatic rings. The van der Waals surface area contributed by atoms with Crippen LogP contribution < -0.4 is 5.73 Å². The highest BCUT2D eigenvalue weighted by molar-refractivity contribution is 8.00. The Morgan fingerprint density at radius 3 is 2.50 bits per heavy atom. The SMILES string of the molecule is NC(=O)CCN(Cc1ccccc1)C(=O)CSc1nc(C2CC2)nc2ccccc12. The molecule has 30 heavy (non-hydrogen) atoms. The predicted molar refractivity (Wildman–Crippen MR) is 118 cm³/mol.